The van der Waals surface area contributed by atoms with Crippen LogP contribution in [0.25, 0.3) is 11.4 Å². The van der Waals surface area contributed by atoms with Crippen LogP contribution in [0.15, 0.2) is 30.3 Å². The minimum Gasteiger partial charge on any atom is -0.347 e. The number of nitrogens with zero attached hydrogens (tertiary/aromatic N) is 3. The lowest BCUT2D eigenvalue weighted by Crippen LogP contribution is -3.28. The van der Waals surface area contributed by atoms with Crippen LogP contribution in [0.5, 0.6) is 0 Å². The Kier molecular flexibility index (Phi) is 6.32. The number of benzene rings is 1. The van der Waals surface area contributed by atoms with E-state index in [0.29, 0.717) is 6.54 Å². The van der Waals surface area contributed by atoms with Crippen LogP contribution in [0, 0.1) is 4.77 Å². The molecule has 8 heteroatoms. The zero-order chi connectivity index (χ0) is 20.3. The Hall–Kier alpha value is -2.03. The molecule has 0 unspecified atom stereocenters. The van der Waals surface area contributed by atoms with Crippen molar-refractivity contribution in [2.45, 2.75) is 33.0 Å². The van der Waals surface area contributed by atoms with Gasteiger partial charge in [0.1, 0.15) is 26.2 Å². The summed E-state index contributed by atoms with van der Waals surface area (Å²) in [6.45, 7) is 11.4. The van der Waals surface area contributed by atoms with Gasteiger partial charge < -0.3 is 19.7 Å². The molecule has 2 aromatic rings. The summed E-state index contributed by atoms with van der Waals surface area (Å²) in [6, 6.07) is 10.1. The first kappa shape index (κ1) is 20.7. The summed E-state index contributed by atoms with van der Waals surface area (Å²) in [7, 11) is 1.97. The molecule has 28 heavy (non-hydrogen) atoms. The van der Waals surface area contributed by atoms with Crippen LogP contribution >= 0.6 is 12.2 Å². The van der Waals surface area contributed by atoms with E-state index in [1.807, 2.05) is 55.3 Å². The lowest BCUT2D eigenvalue weighted by molar-refractivity contribution is -1.02. The molecule has 0 radical (unpaired) electrons. The molecule has 1 saturated heterocycles. The lowest BCUT2D eigenvalue weighted by Gasteiger charge is -2.30. The molecule has 1 aliphatic rings. The molecule has 1 amide bonds. The van der Waals surface area contributed by atoms with Gasteiger partial charge in [0, 0.05) is 18.2 Å². The molecule has 1 aromatic carbocycles. The largest absolute Gasteiger partial charge is 0.347 e. The van der Waals surface area contributed by atoms with Gasteiger partial charge in [0.2, 0.25) is 4.77 Å². The maximum atomic E-state index is 12.1. The van der Waals surface area contributed by atoms with E-state index in [4.69, 9.17) is 17.3 Å². The Morgan fingerprint density at radius 1 is 1.14 bits per heavy atom. The van der Waals surface area contributed by atoms with Gasteiger partial charge >= 0.3 is 0 Å². The molecular weight excluding hydrogens is 372 g/mol. The summed E-state index contributed by atoms with van der Waals surface area (Å²) in [6.07, 6.45) is 0. The smallest absolute Gasteiger partial charge is 0.275 e. The van der Waals surface area contributed by atoms with E-state index in [0.717, 1.165) is 49.0 Å². The zero-order valence-corrected chi connectivity index (χ0v) is 18.1. The average Bonchev–Trinajstić information content (AvgIpc) is 2.91. The van der Waals surface area contributed by atoms with Crippen LogP contribution in [0.1, 0.15) is 20.8 Å². The second kappa shape index (κ2) is 8.55. The van der Waals surface area contributed by atoms with E-state index in [-0.39, 0.29) is 11.4 Å². The maximum absolute atomic E-state index is 12.1. The maximum Gasteiger partial charge on any atom is 0.275 e. The van der Waals surface area contributed by atoms with E-state index in [1.54, 1.807) is 0 Å². The number of amides is 1. The molecule has 3 N–H and O–H groups in total. The lowest BCUT2D eigenvalue weighted by atomic mass is 10.1. The average molecular weight is 405 g/mol. The Balaban J connectivity index is 1.57. The Morgan fingerprint density at radius 2 is 1.75 bits per heavy atom. The number of piperazine rings is 1. The minimum atomic E-state index is -0.171. The number of quaternary nitrogens is 2. The number of carbonyl (C=O) groups is 1. The SMILES string of the molecule is Cn1c(-c2ccccc2)nn(C[NH+]2CC[NH+](CC(=O)NC(C)(C)C)CC2)c1=S. The Bertz CT molecular complexity index is 859. The third-order valence-corrected chi connectivity index (χ3v) is 5.52. The highest BCUT2D eigenvalue weighted by Gasteiger charge is 2.27. The second-order valence-electron chi connectivity index (χ2n) is 8.66. The minimum absolute atomic E-state index is 0.130. The van der Waals surface area contributed by atoms with Crippen molar-refractivity contribution in [3.8, 4) is 11.4 Å². The molecule has 2 heterocycles. The summed E-state index contributed by atoms with van der Waals surface area (Å²) in [4.78, 5) is 14.9. The fourth-order valence-electron chi connectivity index (χ4n) is 3.62. The van der Waals surface area contributed by atoms with Gasteiger partial charge in [0.15, 0.2) is 19.0 Å². The van der Waals surface area contributed by atoms with E-state index >= 15 is 0 Å². The van der Waals surface area contributed by atoms with Crippen LogP contribution in [0.4, 0.5) is 0 Å². The number of hydrogen-bond acceptors (Lipinski definition) is 3. The van der Waals surface area contributed by atoms with Crippen molar-refractivity contribution in [1.82, 2.24) is 19.7 Å². The van der Waals surface area contributed by atoms with Gasteiger partial charge in [-0.3, -0.25) is 4.79 Å². The molecule has 0 saturated carbocycles. The molecule has 1 fully saturated rings. The molecule has 7 nitrogen and oxygen atoms in total. The molecule has 152 valence electrons. The van der Waals surface area contributed by atoms with E-state index in [9.17, 15) is 4.79 Å². The first-order chi connectivity index (χ1) is 13.2. The fraction of sp³-hybridized carbons (Fsp3) is 0.550. The molecule has 1 aliphatic heterocycles. The second-order valence-corrected chi connectivity index (χ2v) is 9.03. The van der Waals surface area contributed by atoms with Gasteiger partial charge in [0.25, 0.3) is 5.91 Å². The Labute approximate surface area is 171 Å². The summed E-state index contributed by atoms with van der Waals surface area (Å²) >= 11 is 5.61. The van der Waals surface area contributed by atoms with Gasteiger partial charge in [-0.05, 0) is 33.0 Å². The van der Waals surface area contributed by atoms with Crippen LogP contribution in [-0.4, -0.2) is 58.5 Å². The standard InChI is InChI=1S/C20H30N6OS/c1-20(2,3)21-17(27)14-24-10-12-25(13-11-24)15-26-19(28)23(4)18(22-26)16-8-6-5-7-9-16/h5-9H,10-15H2,1-4H3,(H,21,27)/p+2. The van der Waals surface area contributed by atoms with Gasteiger partial charge in [-0.1, -0.05) is 30.3 Å². The fourth-order valence-corrected chi connectivity index (χ4v) is 3.81. The number of aromatic nitrogens is 3. The van der Waals surface area contributed by atoms with Crippen LogP contribution in [0.3, 0.4) is 0 Å². The van der Waals surface area contributed by atoms with Crippen LogP contribution in [-0.2, 0) is 18.5 Å². The number of hydrogen-bond donors (Lipinski definition) is 3. The molecule has 3 rings (SSSR count). The topological polar surface area (TPSA) is 60.7 Å². The number of rotatable bonds is 5. The summed E-state index contributed by atoms with van der Waals surface area (Å²) in [5, 5.41) is 7.82. The molecule has 0 aliphatic carbocycles. The highest BCUT2D eigenvalue weighted by molar-refractivity contribution is 7.71. The molecular formula is C20H32N6OS+2. The number of nitrogens with one attached hydrogen (secondary N) is 3. The van der Waals surface area contributed by atoms with Crippen molar-refractivity contribution >= 4 is 18.1 Å². The third-order valence-electron chi connectivity index (χ3n) is 5.04. The van der Waals surface area contributed by atoms with Crippen molar-refractivity contribution in [1.29, 1.82) is 0 Å². The van der Waals surface area contributed by atoms with Crippen LogP contribution in [0.2, 0.25) is 0 Å². The van der Waals surface area contributed by atoms with E-state index in [1.165, 1.54) is 9.80 Å². The molecule has 1 aromatic heterocycles. The summed E-state index contributed by atoms with van der Waals surface area (Å²) < 4.78 is 4.65. The van der Waals surface area contributed by atoms with E-state index < -0.39 is 0 Å². The highest BCUT2D eigenvalue weighted by Crippen LogP contribution is 2.16. The first-order valence-electron chi connectivity index (χ1n) is 9.90. The van der Waals surface area contributed by atoms with E-state index in [2.05, 4.69) is 17.4 Å². The molecule has 0 spiro atoms. The quantitative estimate of drug-likeness (QED) is 0.576. The van der Waals surface area contributed by atoms with Crippen molar-refractivity contribution in [2.75, 3.05) is 32.7 Å². The van der Waals surface area contributed by atoms with Crippen molar-refractivity contribution in [3.63, 3.8) is 0 Å². The van der Waals surface area contributed by atoms with Gasteiger partial charge in [0.05, 0.1) is 0 Å². The first-order valence-corrected chi connectivity index (χ1v) is 10.3. The van der Waals surface area contributed by atoms with Crippen molar-refractivity contribution < 1.29 is 14.6 Å². The van der Waals surface area contributed by atoms with Gasteiger partial charge in [-0.15, -0.1) is 5.10 Å². The molecule has 0 atom stereocenters. The predicted octanol–water partition coefficient (Wildman–Crippen LogP) is -0.726. The number of carbonyl (C=O) groups excluding carboxylic acids is 1. The van der Waals surface area contributed by atoms with Crippen molar-refractivity contribution in [2.24, 2.45) is 7.05 Å². The highest BCUT2D eigenvalue weighted by atomic mass is 32.1. The summed E-state index contributed by atoms with van der Waals surface area (Å²) in [5.41, 5.74) is 0.902. The monoisotopic (exact) mass is 404 g/mol. The normalized spacial score (nSPS) is 20.1. The van der Waals surface area contributed by atoms with Gasteiger partial charge in [-0.25, -0.2) is 0 Å². The zero-order valence-electron chi connectivity index (χ0n) is 17.3. The van der Waals surface area contributed by atoms with Gasteiger partial charge in [-0.2, -0.15) is 4.68 Å². The Morgan fingerprint density at radius 3 is 2.36 bits per heavy atom. The predicted molar refractivity (Wildman–Crippen MR) is 112 cm³/mol. The third kappa shape index (κ3) is 5.27. The summed E-state index contributed by atoms with van der Waals surface area (Å²) in [5.74, 6) is 1.03. The molecule has 0 bridgehead atoms. The van der Waals surface area contributed by atoms with Crippen molar-refractivity contribution in [3.05, 3.63) is 35.1 Å². The van der Waals surface area contributed by atoms with Crippen LogP contribution < -0.4 is 15.1 Å².